The smallest absolute Gasteiger partial charge is 0.0543 e. The lowest BCUT2D eigenvalue weighted by Gasteiger charge is -2.20. The third-order valence-electron chi connectivity index (χ3n) is 11.1. The molecule has 2 nitrogen and oxygen atoms in total. The molecule has 0 spiro atoms. The van der Waals surface area contributed by atoms with E-state index in [-0.39, 0.29) is 0 Å². The van der Waals surface area contributed by atoms with Gasteiger partial charge in [0.05, 0.1) is 27.8 Å². The Labute approximate surface area is 303 Å². The van der Waals surface area contributed by atoms with E-state index >= 15 is 0 Å². The summed E-state index contributed by atoms with van der Waals surface area (Å²) in [4.78, 5) is 0. The van der Waals surface area contributed by atoms with Crippen molar-refractivity contribution in [1.29, 1.82) is 0 Å². The van der Waals surface area contributed by atoms with Gasteiger partial charge in [-0.25, -0.2) is 0 Å². The second kappa shape index (κ2) is 12.1. The molecule has 0 amide bonds. The molecule has 0 unspecified atom stereocenters. The molecule has 10 rings (SSSR count). The summed E-state index contributed by atoms with van der Waals surface area (Å²) >= 11 is 0. The Kier molecular flexibility index (Phi) is 7.11. The summed E-state index contributed by atoms with van der Waals surface area (Å²) in [5.74, 6) is 0. The van der Waals surface area contributed by atoms with E-state index < -0.39 is 0 Å². The molecule has 10 aromatic rings. The lowest BCUT2D eigenvalue weighted by Crippen LogP contribution is -2.01. The molecule has 0 bridgehead atoms. The van der Waals surface area contributed by atoms with Crippen LogP contribution in [0.5, 0.6) is 0 Å². The monoisotopic (exact) mass is 666 g/mol. The standard InChI is InChI=1S/C50H38N2/c1-3-33-16-8-9-19-38(33)50-34(4-2)32-49(39-20-10-11-23-42(39)50)52-46-25-15-13-22-41(46)44-31-36(27-29-48(44)52)35-26-28-47-43(30-35)40-21-12-14-24-45(40)51(47)37-17-6-5-7-18-37/h5-32H,3-4H2,1-2H3. The van der Waals surface area contributed by atoms with Gasteiger partial charge in [0.2, 0.25) is 0 Å². The van der Waals surface area contributed by atoms with Crippen LogP contribution >= 0.6 is 0 Å². The molecule has 0 saturated heterocycles. The lowest BCUT2D eigenvalue weighted by molar-refractivity contribution is 1.11. The molecule has 0 N–H and O–H groups in total. The minimum Gasteiger partial charge on any atom is -0.309 e. The maximum atomic E-state index is 2.50. The van der Waals surface area contributed by atoms with Crippen LogP contribution in [0.15, 0.2) is 170 Å². The number of para-hydroxylation sites is 3. The average molecular weight is 667 g/mol. The highest BCUT2D eigenvalue weighted by atomic mass is 15.0. The van der Waals surface area contributed by atoms with E-state index in [0.29, 0.717) is 0 Å². The topological polar surface area (TPSA) is 9.86 Å². The maximum Gasteiger partial charge on any atom is 0.0543 e. The zero-order valence-electron chi connectivity index (χ0n) is 29.5. The maximum absolute atomic E-state index is 2.50. The molecular weight excluding hydrogens is 629 g/mol. The third-order valence-corrected chi connectivity index (χ3v) is 11.1. The highest BCUT2D eigenvalue weighted by molar-refractivity contribution is 6.14. The van der Waals surface area contributed by atoms with Gasteiger partial charge in [-0.3, -0.25) is 0 Å². The molecule has 0 aliphatic heterocycles. The number of aromatic nitrogens is 2. The number of fused-ring (bicyclic) bond motifs is 7. The summed E-state index contributed by atoms with van der Waals surface area (Å²) in [6.07, 6.45) is 1.96. The molecule has 0 atom stereocenters. The Morgan fingerprint density at radius 2 is 0.865 bits per heavy atom. The van der Waals surface area contributed by atoms with Crippen LogP contribution in [0.2, 0.25) is 0 Å². The van der Waals surface area contributed by atoms with Gasteiger partial charge in [-0.2, -0.15) is 0 Å². The normalized spacial score (nSPS) is 11.8. The van der Waals surface area contributed by atoms with Crippen LogP contribution in [0.3, 0.4) is 0 Å². The SMILES string of the molecule is CCc1ccccc1-c1c(CC)cc(-n2c3ccccc3c3cc(-c4ccc5c(c4)c4ccccc4n5-c4ccccc4)ccc32)c2ccccc12. The first-order chi connectivity index (χ1) is 25.7. The number of hydrogen-bond acceptors (Lipinski definition) is 0. The van der Waals surface area contributed by atoms with Crippen molar-refractivity contribution in [1.82, 2.24) is 9.13 Å². The predicted molar refractivity (Wildman–Crippen MR) is 222 cm³/mol. The summed E-state index contributed by atoms with van der Waals surface area (Å²) in [5.41, 5.74) is 15.2. The molecule has 2 aromatic heterocycles. The molecule has 0 aliphatic carbocycles. The van der Waals surface area contributed by atoms with Crippen molar-refractivity contribution in [2.75, 3.05) is 0 Å². The zero-order chi connectivity index (χ0) is 34.8. The van der Waals surface area contributed by atoms with E-state index in [1.54, 1.807) is 0 Å². The fraction of sp³-hybridized carbons (Fsp3) is 0.0800. The quantitative estimate of drug-likeness (QED) is 0.167. The summed E-state index contributed by atoms with van der Waals surface area (Å²) in [5, 5.41) is 7.65. The first kappa shape index (κ1) is 30.4. The van der Waals surface area contributed by atoms with Crippen molar-refractivity contribution in [3.8, 4) is 33.6 Å². The Bertz CT molecular complexity index is 2980. The number of rotatable bonds is 6. The second-order valence-corrected chi connectivity index (χ2v) is 13.8. The number of aryl methyl sites for hydroxylation is 2. The van der Waals surface area contributed by atoms with Crippen LogP contribution in [0.4, 0.5) is 0 Å². The fourth-order valence-corrected chi connectivity index (χ4v) is 8.69. The van der Waals surface area contributed by atoms with Crippen molar-refractivity contribution in [2.24, 2.45) is 0 Å². The first-order valence-electron chi connectivity index (χ1n) is 18.5. The van der Waals surface area contributed by atoms with Crippen molar-refractivity contribution < 1.29 is 0 Å². The van der Waals surface area contributed by atoms with E-state index in [1.165, 1.54) is 99.1 Å². The number of benzene rings is 8. The summed E-state index contributed by atoms with van der Waals surface area (Å²) < 4.78 is 4.88. The Hall–Kier alpha value is -6.38. The molecule has 0 aliphatic rings. The highest BCUT2D eigenvalue weighted by Gasteiger charge is 2.20. The van der Waals surface area contributed by atoms with Gasteiger partial charge < -0.3 is 9.13 Å². The largest absolute Gasteiger partial charge is 0.309 e. The minimum atomic E-state index is 0.954. The van der Waals surface area contributed by atoms with Crippen molar-refractivity contribution in [3.05, 3.63) is 181 Å². The minimum absolute atomic E-state index is 0.954. The van der Waals surface area contributed by atoms with Gasteiger partial charge in [-0.1, -0.05) is 129 Å². The van der Waals surface area contributed by atoms with Gasteiger partial charge >= 0.3 is 0 Å². The van der Waals surface area contributed by atoms with Gasteiger partial charge in [-0.15, -0.1) is 0 Å². The van der Waals surface area contributed by atoms with E-state index in [4.69, 9.17) is 0 Å². The number of nitrogens with zero attached hydrogens (tertiary/aromatic N) is 2. The van der Waals surface area contributed by atoms with Crippen LogP contribution in [0, 0.1) is 0 Å². The van der Waals surface area contributed by atoms with Gasteiger partial charge in [0, 0.05) is 32.6 Å². The van der Waals surface area contributed by atoms with Crippen molar-refractivity contribution in [2.45, 2.75) is 26.7 Å². The van der Waals surface area contributed by atoms with Gasteiger partial charge in [0.1, 0.15) is 0 Å². The summed E-state index contributed by atoms with van der Waals surface area (Å²) in [7, 11) is 0. The molecule has 52 heavy (non-hydrogen) atoms. The lowest BCUT2D eigenvalue weighted by atomic mass is 9.88. The molecule has 0 fully saturated rings. The molecule has 248 valence electrons. The van der Waals surface area contributed by atoms with Gasteiger partial charge in [0.15, 0.2) is 0 Å². The van der Waals surface area contributed by atoms with E-state index in [2.05, 4.69) is 193 Å². The Morgan fingerprint density at radius 3 is 1.52 bits per heavy atom. The molecular formula is C50H38N2. The Morgan fingerprint density at radius 1 is 0.365 bits per heavy atom. The molecule has 2 heteroatoms. The van der Waals surface area contributed by atoms with E-state index in [9.17, 15) is 0 Å². The van der Waals surface area contributed by atoms with E-state index in [1.807, 2.05) is 0 Å². The van der Waals surface area contributed by atoms with E-state index in [0.717, 1.165) is 12.8 Å². The summed E-state index contributed by atoms with van der Waals surface area (Å²) in [6, 6.07) is 62.7. The van der Waals surface area contributed by atoms with Crippen LogP contribution in [0.25, 0.3) is 88.0 Å². The van der Waals surface area contributed by atoms with Crippen LogP contribution in [-0.2, 0) is 12.8 Å². The van der Waals surface area contributed by atoms with Gasteiger partial charge in [-0.05, 0) is 106 Å². The first-order valence-corrected chi connectivity index (χ1v) is 18.5. The fourth-order valence-electron chi connectivity index (χ4n) is 8.69. The zero-order valence-corrected chi connectivity index (χ0v) is 29.5. The molecule has 0 radical (unpaired) electrons. The highest BCUT2D eigenvalue weighted by Crippen LogP contribution is 2.42. The van der Waals surface area contributed by atoms with Crippen molar-refractivity contribution >= 4 is 54.4 Å². The van der Waals surface area contributed by atoms with Crippen LogP contribution < -0.4 is 0 Å². The molecule has 2 heterocycles. The third kappa shape index (κ3) is 4.57. The van der Waals surface area contributed by atoms with Crippen molar-refractivity contribution in [3.63, 3.8) is 0 Å². The molecule has 0 saturated carbocycles. The average Bonchev–Trinajstić information content (AvgIpc) is 3.72. The molecule has 8 aromatic carbocycles. The predicted octanol–water partition coefficient (Wildman–Crippen LogP) is 13.5. The Balaban J connectivity index is 1.19. The van der Waals surface area contributed by atoms with Crippen LogP contribution in [0.1, 0.15) is 25.0 Å². The second-order valence-electron chi connectivity index (χ2n) is 13.8. The number of hydrogen-bond donors (Lipinski definition) is 0. The van der Waals surface area contributed by atoms with Crippen LogP contribution in [-0.4, -0.2) is 9.13 Å². The van der Waals surface area contributed by atoms with Gasteiger partial charge in [0.25, 0.3) is 0 Å². The summed E-state index contributed by atoms with van der Waals surface area (Å²) in [6.45, 7) is 4.55.